The lowest BCUT2D eigenvalue weighted by Crippen LogP contribution is -2.49. The number of hydrogen-bond donors (Lipinski definition) is 3. The molecule has 1 saturated carbocycles. The van der Waals surface area contributed by atoms with Gasteiger partial charge < -0.3 is 5.32 Å². The lowest BCUT2D eigenvalue weighted by atomic mass is 10.00. The van der Waals surface area contributed by atoms with Crippen molar-refractivity contribution >= 4 is 29.6 Å². The zero-order valence-electron chi connectivity index (χ0n) is 14.3. The minimum atomic E-state index is -0.975. The normalized spacial score (nSPS) is 24.0. The minimum absolute atomic E-state index is 0.0157. The van der Waals surface area contributed by atoms with Gasteiger partial charge in [-0.25, -0.2) is 9.78 Å². The van der Waals surface area contributed by atoms with Gasteiger partial charge in [-0.05, 0) is 26.2 Å². The number of aromatic nitrogens is 3. The predicted molar refractivity (Wildman–Crippen MR) is 90.5 cm³/mol. The van der Waals surface area contributed by atoms with Gasteiger partial charge in [-0.1, -0.05) is 31.5 Å². The molecular formula is C15H22N6O3S. The lowest BCUT2D eigenvalue weighted by molar-refractivity contribution is -0.137. The third-order valence-corrected chi connectivity index (χ3v) is 5.61. The number of carbonyl (C=O) groups excluding carboxylic acids is 3. The van der Waals surface area contributed by atoms with Gasteiger partial charge in [0.1, 0.15) is 11.4 Å². The van der Waals surface area contributed by atoms with E-state index in [1.54, 1.807) is 13.8 Å². The second kappa shape index (κ2) is 7.03. The maximum atomic E-state index is 12.2. The Bertz CT molecular complexity index is 687. The van der Waals surface area contributed by atoms with Crippen molar-refractivity contribution in [1.82, 2.24) is 30.9 Å². The number of H-pyrrole nitrogens is 1. The van der Waals surface area contributed by atoms with Crippen molar-refractivity contribution in [2.75, 3.05) is 5.75 Å². The molecule has 0 bridgehead atoms. The highest BCUT2D eigenvalue weighted by molar-refractivity contribution is 7.99. The maximum Gasteiger partial charge on any atom is 0.344 e. The molecule has 1 aliphatic carbocycles. The molecule has 1 saturated heterocycles. The third-order valence-electron chi connectivity index (χ3n) is 4.76. The predicted octanol–water partition coefficient (Wildman–Crippen LogP) is 1.31. The summed E-state index contributed by atoms with van der Waals surface area (Å²) in [7, 11) is 0. The van der Waals surface area contributed by atoms with E-state index in [9.17, 15) is 14.4 Å². The van der Waals surface area contributed by atoms with Crippen LogP contribution in [0.1, 0.15) is 57.7 Å². The molecule has 0 aromatic carbocycles. The Balaban J connectivity index is 1.51. The van der Waals surface area contributed by atoms with Crippen molar-refractivity contribution in [3.05, 3.63) is 5.82 Å². The zero-order chi connectivity index (χ0) is 18.0. The molecule has 1 aliphatic heterocycles. The largest absolute Gasteiger partial charge is 0.344 e. The average Bonchev–Trinajstić information content (AvgIpc) is 3.30. The van der Waals surface area contributed by atoms with Gasteiger partial charge in [0, 0.05) is 5.92 Å². The number of nitrogens with one attached hydrogen (secondary N) is 3. The second-order valence-electron chi connectivity index (χ2n) is 6.56. The van der Waals surface area contributed by atoms with E-state index in [0.717, 1.165) is 35.4 Å². The summed E-state index contributed by atoms with van der Waals surface area (Å²) in [6, 6.07) is -0.617. The van der Waals surface area contributed by atoms with Gasteiger partial charge in [0.2, 0.25) is 11.1 Å². The number of rotatable bonds is 6. The molecule has 1 aromatic rings. The summed E-state index contributed by atoms with van der Waals surface area (Å²) in [4.78, 5) is 40.6. The second-order valence-corrected chi connectivity index (χ2v) is 7.51. The summed E-state index contributed by atoms with van der Waals surface area (Å²) in [6.07, 6.45) is 5.09. The third kappa shape index (κ3) is 3.63. The molecule has 3 rings (SSSR count). The van der Waals surface area contributed by atoms with E-state index in [-0.39, 0.29) is 5.75 Å². The molecule has 0 spiro atoms. The molecule has 1 unspecified atom stereocenters. The fourth-order valence-electron chi connectivity index (χ4n) is 3.02. The smallest absolute Gasteiger partial charge is 0.322 e. The van der Waals surface area contributed by atoms with E-state index < -0.39 is 23.4 Å². The summed E-state index contributed by atoms with van der Waals surface area (Å²) >= 11 is 1.16. The number of thioether (sulfide) groups is 1. The Morgan fingerprint density at radius 1 is 1.40 bits per heavy atom. The Morgan fingerprint density at radius 2 is 2.12 bits per heavy atom. The molecule has 2 fully saturated rings. The molecule has 2 aliphatic rings. The molecule has 2 heterocycles. The topological polar surface area (TPSA) is 120 Å². The summed E-state index contributed by atoms with van der Waals surface area (Å²) in [5, 5.41) is 10.9. The first-order chi connectivity index (χ1) is 11.9. The van der Waals surface area contributed by atoms with Crippen molar-refractivity contribution in [1.29, 1.82) is 0 Å². The summed E-state index contributed by atoms with van der Waals surface area (Å²) in [5.41, 5.74) is 1.37. The first kappa shape index (κ1) is 17.7. The highest BCUT2D eigenvalue weighted by Gasteiger charge is 2.47. The van der Waals surface area contributed by atoms with Crippen LogP contribution in [0.4, 0.5) is 4.79 Å². The molecular weight excluding hydrogens is 344 g/mol. The van der Waals surface area contributed by atoms with Gasteiger partial charge in [0.15, 0.2) is 0 Å². The molecule has 1 atom stereocenters. The molecule has 10 heteroatoms. The zero-order valence-corrected chi connectivity index (χ0v) is 15.1. The van der Waals surface area contributed by atoms with Crippen LogP contribution >= 0.6 is 11.8 Å². The van der Waals surface area contributed by atoms with Crippen LogP contribution in [-0.2, 0) is 9.59 Å². The highest BCUT2D eigenvalue weighted by Crippen LogP contribution is 2.32. The van der Waals surface area contributed by atoms with Crippen molar-refractivity contribution < 1.29 is 14.4 Å². The molecule has 136 valence electrons. The monoisotopic (exact) mass is 366 g/mol. The Labute approximate surface area is 149 Å². The van der Waals surface area contributed by atoms with E-state index in [1.807, 2.05) is 0 Å². The van der Waals surface area contributed by atoms with Crippen LogP contribution in [0.15, 0.2) is 5.16 Å². The molecule has 3 N–H and O–H groups in total. The quantitative estimate of drug-likeness (QED) is 0.516. The van der Waals surface area contributed by atoms with Crippen LogP contribution in [0.3, 0.4) is 0 Å². The van der Waals surface area contributed by atoms with Crippen molar-refractivity contribution in [2.24, 2.45) is 0 Å². The summed E-state index contributed by atoms with van der Waals surface area (Å²) < 4.78 is 0. The molecule has 25 heavy (non-hydrogen) atoms. The van der Waals surface area contributed by atoms with Crippen molar-refractivity contribution in [3.8, 4) is 0 Å². The van der Waals surface area contributed by atoms with E-state index in [4.69, 9.17) is 0 Å². The van der Waals surface area contributed by atoms with Crippen molar-refractivity contribution in [3.63, 3.8) is 0 Å². The molecule has 1 aromatic heterocycles. The van der Waals surface area contributed by atoms with E-state index in [2.05, 4.69) is 25.9 Å². The van der Waals surface area contributed by atoms with Crippen LogP contribution in [0.25, 0.3) is 0 Å². The van der Waals surface area contributed by atoms with Gasteiger partial charge in [-0.3, -0.25) is 20.1 Å². The fraction of sp³-hybridized carbons (Fsp3) is 0.667. The first-order valence-electron chi connectivity index (χ1n) is 8.44. The Kier molecular flexibility index (Phi) is 4.98. The van der Waals surface area contributed by atoms with Gasteiger partial charge in [0.05, 0.1) is 5.75 Å². The maximum absolute atomic E-state index is 12.2. The Hall–Kier alpha value is -2.10. The SMILES string of the molecule is CCC1(C)NC(=O)N(NC(=O)CSc2n[nH]c(C3CCCC3)n2)C1=O. The van der Waals surface area contributed by atoms with E-state index in [0.29, 0.717) is 17.5 Å². The van der Waals surface area contributed by atoms with Gasteiger partial charge >= 0.3 is 6.03 Å². The van der Waals surface area contributed by atoms with Crippen LogP contribution in [0, 0.1) is 0 Å². The molecule has 0 radical (unpaired) electrons. The number of hydrazine groups is 1. The average molecular weight is 366 g/mol. The van der Waals surface area contributed by atoms with Crippen LogP contribution in [0.5, 0.6) is 0 Å². The van der Waals surface area contributed by atoms with Crippen molar-refractivity contribution in [2.45, 2.75) is 62.6 Å². The van der Waals surface area contributed by atoms with Gasteiger partial charge in [-0.15, -0.1) is 5.10 Å². The summed E-state index contributed by atoms with van der Waals surface area (Å²) in [5.74, 6) is 0.393. The number of hydrogen-bond acceptors (Lipinski definition) is 6. The van der Waals surface area contributed by atoms with Gasteiger partial charge in [0.25, 0.3) is 5.91 Å². The highest BCUT2D eigenvalue weighted by atomic mass is 32.2. The first-order valence-corrected chi connectivity index (χ1v) is 9.43. The number of aromatic amines is 1. The number of amides is 4. The Morgan fingerprint density at radius 3 is 2.76 bits per heavy atom. The summed E-state index contributed by atoms with van der Waals surface area (Å²) in [6.45, 7) is 3.43. The van der Waals surface area contributed by atoms with Gasteiger partial charge in [-0.2, -0.15) is 5.01 Å². The minimum Gasteiger partial charge on any atom is -0.322 e. The number of carbonyl (C=O) groups is 3. The lowest BCUT2D eigenvalue weighted by Gasteiger charge is -2.19. The number of imide groups is 1. The molecule has 9 nitrogen and oxygen atoms in total. The van der Waals surface area contributed by atoms with Crippen LogP contribution in [-0.4, -0.2) is 49.3 Å². The standard InChI is InChI=1S/C15H22N6O3S/c1-3-15(2)12(23)21(14(24)17-15)20-10(22)8-25-13-16-11(18-19-13)9-6-4-5-7-9/h9H,3-8H2,1-2H3,(H,17,24)(H,20,22)(H,16,18,19). The van der Waals surface area contributed by atoms with E-state index in [1.165, 1.54) is 12.8 Å². The number of urea groups is 1. The van der Waals surface area contributed by atoms with Crippen LogP contribution < -0.4 is 10.7 Å². The number of nitrogens with zero attached hydrogens (tertiary/aromatic N) is 3. The fourth-order valence-corrected chi connectivity index (χ4v) is 3.61. The van der Waals surface area contributed by atoms with Crippen LogP contribution in [0.2, 0.25) is 0 Å². The molecule has 4 amide bonds. The van der Waals surface area contributed by atoms with E-state index >= 15 is 0 Å².